The Morgan fingerprint density at radius 2 is 1.92 bits per heavy atom. The smallest absolute Gasteiger partial charge is 0.226 e. The predicted molar refractivity (Wildman–Crippen MR) is 93.1 cm³/mol. The van der Waals surface area contributed by atoms with Gasteiger partial charge in [-0.15, -0.1) is 11.3 Å². The Morgan fingerprint density at radius 3 is 2.58 bits per heavy atom. The molecule has 0 aliphatic heterocycles. The van der Waals surface area contributed by atoms with E-state index in [2.05, 4.69) is 10.3 Å². The molecule has 2 amide bonds. The lowest BCUT2D eigenvalue weighted by molar-refractivity contribution is -0.117. The zero-order valence-corrected chi connectivity index (χ0v) is 14.4. The minimum absolute atomic E-state index is 0.0393. The lowest BCUT2D eigenvalue weighted by Gasteiger charge is -2.05. The molecule has 0 radical (unpaired) electrons. The van der Waals surface area contributed by atoms with Crippen LogP contribution in [0.5, 0.6) is 0 Å². The van der Waals surface area contributed by atoms with E-state index >= 15 is 0 Å². The number of rotatable bonds is 7. The molecule has 1 heterocycles. The molecule has 2 rings (SSSR count). The number of ketones is 1. The van der Waals surface area contributed by atoms with Crippen molar-refractivity contribution in [2.24, 2.45) is 5.73 Å². The number of nitrogens with two attached hydrogens (primary N) is 1. The Hall–Kier alpha value is -2.54. The van der Waals surface area contributed by atoms with Crippen molar-refractivity contribution in [3.05, 3.63) is 46.0 Å². The van der Waals surface area contributed by atoms with E-state index in [1.54, 1.807) is 11.4 Å². The van der Waals surface area contributed by atoms with Crippen LogP contribution < -0.4 is 11.1 Å². The van der Waals surface area contributed by atoms with Crippen molar-refractivity contribution < 1.29 is 14.4 Å². The predicted octanol–water partition coefficient (Wildman–Crippen LogP) is 2.39. The average Bonchev–Trinajstić information content (AvgIpc) is 2.93. The highest BCUT2D eigenvalue weighted by molar-refractivity contribution is 7.13. The summed E-state index contributed by atoms with van der Waals surface area (Å²) in [4.78, 5) is 39.0. The number of anilines is 1. The van der Waals surface area contributed by atoms with Crippen LogP contribution in [-0.4, -0.2) is 22.6 Å². The average molecular weight is 345 g/mol. The fourth-order valence-electron chi connectivity index (χ4n) is 2.09. The monoisotopic (exact) mass is 345 g/mol. The number of Topliss-reactive ketones (excluding diaryl/α,β-unsaturated/α-hetero) is 1. The van der Waals surface area contributed by atoms with Gasteiger partial charge in [-0.25, -0.2) is 4.98 Å². The summed E-state index contributed by atoms with van der Waals surface area (Å²) in [7, 11) is 0. The Labute approximate surface area is 144 Å². The zero-order chi connectivity index (χ0) is 17.7. The lowest BCUT2D eigenvalue weighted by atomic mass is 10.0. The number of carbonyl (C=O) groups is 3. The summed E-state index contributed by atoms with van der Waals surface area (Å²) in [5.74, 6) is -0.828. The summed E-state index contributed by atoms with van der Waals surface area (Å²) in [5, 5.41) is 4.69. The van der Waals surface area contributed by atoms with Crippen LogP contribution in [0.15, 0.2) is 23.6 Å². The highest BCUT2D eigenvalue weighted by Gasteiger charge is 2.12. The second kappa shape index (κ2) is 7.83. The van der Waals surface area contributed by atoms with Gasteiger partial charge in [0.2, 0.25) is 11.8 Å². The van der Waals surface area contributed by atoms with Crippen LogP contribution in [0.3, 0.4) is 0 Å². The third-order valence-corrected chi connectivity index (χ3v) is 4.37. The molecule has 1 aromatic carbocycles. The topological polar surface area (TPSA) is 102 Å². The van der Waals surface area contributed by atoms with Crippen molar-refractivity contribution in [2.75, 3.05) is 5.32 Å². The molecule has 0 atom stereocenters. The third-order valence-electron chi connectivity index (χ3n) is 3.56. The van der Waals surface area contributed by atoms with Gasteiger partial charge in [0, 0.05) is 23.8 Å². The SMILES string of the molecule is Cc1ccc(C(=O)CCC(=O)Nc2nc(CC(N)=O)cs2)cc1C. The number of nitrogens with one attached hydrogen (secondary N) is 1. The van der Waals surface area contributed by atoms with Crippen LogP contribution in [0.4, 0.5) is 5.13 Å². The summed E-state index contributed by atoms with van der Waals surface area (Å²) in [5.41, 5.74) is 8.40. The number of hydrogen-bond acceptors (Lipinski definition) is 5. The molecule has 1 aromatic heterocycles. The molecule has 3 N–H and O–H groups in total. The minimum atomic E-state index is -0.475. The van der Waals surface area contributed by atoms with Gasteiger partial charge < -0.3 is 11.1 Å². The number of thiazole rings is 1. The Bertz CT molecular complexity index is 783. The minimum Gasteiger partial charge on any atom is -0.369 e. The molecular weight excluding hydrogens is 326 g/mol. The maximum Gasteiger partial charge on any atom is 0.226 e. The molecule has 126 valence electrons. The van der Waals surface area contributed by atoms with E-state index in [1.807, 2.05) is 26.0 Å². The van der Waals surface area contributed by atoms with Crippen LogP contribution in [0.1, 0.15) is 40.0 Å². The van der Waals surface area contributed by atoms with Crippen molar-refractivity contribution in [2.45, 2.75) is 33.1 Å². The maximum absolute atomic E-state index is 12.1. The Morgan fingerprint density at radius 1 is 1.17 bits per heavy atom. The van der Waals surface area contributed by atoms with E-state index in [1.165, 1.54) is 11.3 Å². The van der Waals surface area contributed by atoms with Crippen LogP contribution in [0.2, 0.25) is 0 Å². The van der Waals surface area contributed by atoms with Gasteiger partial charge in [-0.2, -0.15) is 0 Å². The molecule has 0 aliphatic carbocycles. The number of aromatic nitrogens is 1. The summed E-state index contributed by atoms with van der Waals surface area (Å²) in [6, 6.07) is 5.52. The first-order chi connectivity index (χ1) is 11.3. The van der Waals surface area contributed by atoms with Gasteiger partial charge in [-0.3, -0.25) is 14.4 Å². The first-order valence-electron chi connectivity index (χ1n) is 7.48. The van der Waals surface area contributed by atoms with Crippen molar-refractivity contribution in [3.8, 4) is 0 Å². The van der Waals surface area contributed by atoms with E-state index in [9.17, 15) is 14.4 Å². The van der Waals surface area contributed by atoms with Gasteiger partial charge in [0.05, 0.1) is 12.1 Å². The molecule has 24 heavy (non-hydrogen) atoms. The van der Waals surface area contributed by atoms with Gasteiger partial charge in [0.15, 0.2) is 10.9 Å². The van der Waals surface area contributed by atoms with Crippen LogP contribution in [0, 0.1) is 13.8 Å². The molecule has 2 aromatic rings. The molecule has 0 bridgehead atoms. The maximum atomic E-state index is 12.1. The number of hydrogen-bond donors (Lipinski definition) is 2. The number of benzene rings is 1. The molecule has 0 saturated carbocycles. The highest BCUT2D eigenvalue weighted by atomic mass is 32.1. The number of carbonyl (C=O) groups excluding carboxylic acids is 3. The molecule has 0 fully saturated rings. The van der Waals surface area contributed by atoms with Crippen molar-refractivity contribution in [1.82, 2.24) is 4.98 Å². The van der Waals surface area contributed by atoms with Crippen molar-refractivity contribution >= 4 is 34.1 Å². The van der Waals surface area contributed by atoms with E-state index < -0.39 is 5.91 Å². The number of amides is 2. The van der Waals surface area contributed by atoms with Gasteiger partial charge in [-0.1, -0.05) is 12.1 Å². The van der Waals surface area contributed by atoms with E-state index in [0.29, 0.717) is 16.4 Å². The van der Waals surface area contributed by atoms with Gasteiger partial charge in [-0.05, 0) is 31.0 Å². The van der Waals surface area contributed by atoms with Gasteiger partial charge in [0.25, 0.3) is 0 Å². The molecule has 0 unspecified atom stereocenters. The van der Waals surface area contributed by atoms with Crippen molar-refractivity contribution in [1.29, 1.82) is 0 Å². The van der Waals surface area contributed by atoms with Gasteiger partial charge in [0.1, 0.15) is 0 Å². The fraction of sp³-hybridized carbons (Fsp3) is 0.294. The molecule has 6 nitrogen and oxygen atoms in total. The molecular formula is C17H19N3O3S. The molecule has 7 heteroatoms. The number of primary amides is 1. The summed E-state index contributed by atoms with van der Waals surface area (Å²) >= 11 is 1.22. The molecule has 0 spiro atoms. The summed E-state index contributed by atoms with van der Waals surface area (Å²) in [6.45, 7) is 3.93. The third kappa shape index (κ3) is 4.99. The van der Waals surface area contributed by atoms with Crippen LogP contribution >= 0.6 is 11.3 Å². The first kappa shape index (κ1) is 17.8. The second-order valence-corrected chi connectivity index (χ2v) is 6.42. The van der Waals surface area contributed by atoms with Gasteiger partial charge >= 0.3 is 0 Å². The molecule has 0 saturated heterocycles. The lowest BCUT2D eigenvalue weighted by Crippen LogP contribution is -2.15. The zero-order valence-electron chi connectivity index (χ0n) is 13.6. The quantitative estimate of drug-likeness (QED) is 0.752. The Kier molecular flexibility index (Phi) is 5.81. The first-order valence-corrected chi connectivity index (χ1v) is 8.36. The Balaban J connectivity index is 1.86. The van der Waals surface area contributed by atoms with Crippen molar-refractivity contribution in [3.63, 3.8) is 0 Å². The summed E-state index contributed by atoms with van der Waals surface area (Å²) < 4.78 is 0. The standard InChI is InChI=1S/C17H19N3O3S/c1-10-3-4-12(7-11(10)2)14(21)5-6-16(23)20-17-19-13(9-24-17)8-15(18)22/h3-4,7,9H,5-6,8H2,1-2H3,(H2,18,22)(H,19,20,23). The normalized spacial score (nSPS) is 10.4. The molecule has 0 aliphatic rings. The number of nitrogens with zero attached hydrogens (tertiary/aromatic N) is 1. The van der Waals surface area contributed by atoms with E-state index in [0.717, 1.165) is 11.1 Å². The number of aryl methyl sites for hydroxylation is 2. The van der Waals surface area contributed by atoms with Crippen LogP contribution in [-0.2, 0) is 16.0 Å². The van der Waals surface area contributed by atoms with Crippen LogP contribution in [0.25, 0.3) is 0 Å². The summed E-state index contributed by atoms with van der Waals surface area (Å²) in [6.07, 6.45) is 0.252. The van der Waals surface area contributed by atoms with E-state index in [4.69, 9.17) is 5.73 Å². The fourth-order valence-corrected chi connectivity index (χ4v) is 2.82. The van der Waals surface area contributed by atoms with E-state index in [-0.39, 0.29) is 31.0 Å². The second-order valence-electron chi connectivity index (χ2n) is 5.56. The largest absolute Gasteiger partial charge is 0.369 e. The highest BCUT2D eigenvalue weighted by Crippen LogP contribution is 2.17.